The van der Waals surface area contributed by atoms with Crippen LogP contribution >= 0.6 is 11.9 Å². The lowest BCUT2D eigenvalue weighted by Crippen LogP contribution is -2.96. The fraction of sp³-hybridized carbons (Fsp3) is 0.467. The quantitative estimate of drug-likeness (QED) is 0.466. The standard InChI is InChI=1S/C15H23N3O4S/c1-11-6-4-5-7-12(11)8-13(10-23-18(3)22)16-15(21)17(2)9-14(19)20/h4-7,13,18H,8-10H2,1-3H3,(H,16,21)(H,19,20)/t13-/m1/s1. The molecule has 0 saturated carbocycles. The second kappa shape index (κ2) is 9.39. The summed E-state index contributed by atoms with van der Waals surface area (Å²) in [6, 6.07) is 7.12. The summed E-state index contributed by atoms with van der Waals surface area (Å²) in [5.41, 5.74) is 2.20. The predicted octanol–water partition coefficient (Wildman–Crippen LogP) is 0.293. The minimum absolute atomic E-state index is 0.0204. The van der Waals surface area contributed by atoms with Crippen LogP contribution in [0.25, 0.3) is 0 Å². The van der Waals surface area contributed by atoms with E-state index in [1.54, 1.807) is 0 Å². The van der Waals surface area contributed by atoms with E-state index in [0.29, 0.717) is 12.2 Å². The third-order valence-electron chi connectivity index (χ3n) is 3.26. The van der Waals surface area contributed by atoms with Crippen LogP contribution in [0.5, 0.6) is 0 Å². The van der Waals surface area contributed by atoms with Crippen LogP contribution in [0.3, 0.4) is 0 Å². The number of amides is 2. The minimum Gasteiger partial charge on any atom is -0.622 e. The van der Waals surface area contributed by atoms with Gasteiger partial charge in [-0.2, -0.15) is 0 Å². The number of quaternary nitrogens is 1. The summed E-state index contributed by atoms with van der Waals surface area (Å²) >= 11 is 1.14. The lowest BCUT2D eigenvalue weighted by atomic mass is 10.0. The molecule has 0 heterocycles. The Kier molecular flexibility index (Phi) is 7.87. The van der Waals surface area contributed by atoms with Crippen LogP contribution in [-0.2, 0) is 11.2 Å². The molecule has 0 aliphatic rings. The summed E-state index contributed by atoms with van der Waals surface area (Å²) < 4.78 is -0.0204. The number of urea groups is 1. The molecular formula is C15H23N3O4S. The normalized spacial score (nSPS) is 13.2. The Hall–Kier alpha value is -1.77. The Morgan fingerprint density at radius 1 is 1.43 bits per heavy atom. The maximum Gasteiger partial charge on any atom is 0.323 e. The van der Waals surface area contributed by atoms with Gasteiger partial charge in [-0.15, -0.1) is 0 Å². The first kappa shape index (κ1) is 19.3. The molecule has 1 aromatic carbocycles. The number of likely N-dealkylation sites (N-methyl/N-ethyl adjacent to an activating group) is 1. The van der Waals surface area contributed by atoms with Crippen LogP contribution in [0.4, 0.5) is 4.79 Å². The number of aliphatic carboxylic acids is 1. The predicted molar refractivity (Wildman–Crippen MR) is 90.2 cm³/mol. The summed E-state index contributed by atoms with van der Waals surface area (Å²) in [6.07, 6.45) is 0.583. The fourth-order valence-electron chi connectivity index (χ4n) is 2.03. The molecule has 0 spiro atoms. The van der Waals surface area contributed by atoms with Gasteiger partial charge >= 0.3 is 12.0 Å². The third-order valence-corrected chi connectivity index (χ3v) is 4.24. The molecule has 0 aromatic heterocycles. The number of hydrogen-bond acceptors (Lipinski definition) is 4. The maximum atomic E-state index is 12.1. The molecule has 1 aromatic rings. The lowest BCUT2D eigenvalue weighted by Gasteiger charge is -2.24. The zero-order valence-corrected chi connectivity index (χ0v) is 14.4. The molecule has 0 aliphatic carbocycles. The second-order valence-corrected chi connectivity index (χ2v) is 6.53. The highest BCUT2D eigenvalue weighted by Gasteiger charge is 2.19. The molecule has 1 unspecified atom stereocenters. The van der Waals surface area contributed by atoms with Gasteiger partial charge in [-0.1, -0.05) is 24.3 Å². The molecule has 2 amide bonds. The number of nitrogens with one attached hydrogen (secondary N) is 2. The molecule has 0 bridgehead atoms. The lowest BCUT2D eigenvalue weighted by molar-refractivity contribution is -0.666. The first-order valence-corrected chi connectivity index (χ1v) is 8.19. The average Bonchev–Trinajstić information content (AvgIpc) is 2.46. The van der Waals surface area contributed by atoms with E-state index in [9.17, 15) is 14.8 Å². The molecule has 2 atom stereocenters. The number of carbonyl (C=O) groups excluding carboxylic acids is 1. The van der Waals surface area contributed by atoms with Gasteiger partial charge in [-0.25, -0.2) is 4.79 Å². The molecular weight excluding hydrogens is 318 g/mol. The second-order valence-electron chi connectivity index (χ2n) is 5.33. The van der Waals surface area contributed by atoms with Gasteiger partial charge in [0.15, 0.2) is 0 Å². The van der Waals surface area contributed by atoms with Gasteiger partial charge in [0, 0.05) is 13.1 Å². The van der Waals surface area contributed by atoms with Crippen LogP contribution in [0.2, 0.25) is 0 Å². The number of rotatable bonds is 8. The van der Waals surface area contributed by atoms with Crippen molar-refractivity contribution in [1.29, 1.82) is 0 Å². The Labute approximate surface area is 140 Å². The molecule has 0 saturated heterocycles. The van der Waals surface area contributed by atoms with Gasteiger partial charge in [0.2, 0.25) is 0 Å². The average molecular weight is 341 g/mol. The third kappa shape index (κ3) is 7.36. The van der Waals surface area contributed by atoms with Crippen LogP contribution < -0.4 is 9.79 Å². The van der Waals surface area contributed by atoms with Crippen molar-refractivity contribution in [2.24, 2.45) is 0 Å². The van der Waals surface area contributed by atoms with Crippen molar-refractivity contribution < 1.29 is 19.2 Å². The number of nitrogens with zero attached hydrogens (tertiary/aromatic N) is 1. The van der Waals surface area contributed by atoms with E-state index in [1.807, 2.05) is 31.2 Å². The monoisotopic (exact) mass is 341 g/mol. The summed E-state index contributed by atoms with van der Waals surface area (Å²) in [5, 5.41) is 22.7. The minimum atomic E-state index is -1.07. The van der Waals surface area contributed by atoms with Crippen molar-refractivity contribution in [3.8, 4) is 0 Å². The van der Waals surface area contributed by atoms with Gasteiger partial charge in [-0.3, -0.25) is 4.79 Å². The number of benzene rings is 1. The Morgan fingerprint density at radius 3 is 2.65 bits per heavy atom. The largest absolute Gasteiger partial charge is 0.622 e. The smallest absolute Gasteiger partial charge is 0.323 e. The van der Waals surface area contributed by atoms with Crippen molar-refractivity contribution in [2.75, 3.05) is 26.4 Å². The number of hydrogen-bond donors (Lipinski definition) is 3. The van der Waals surface area contributed by atoms with E-state index in [1.165, 1.54) is 14.1 Å². The number of hydroxylamine groups is 1. The topological polar surface area (TPSA) is 97.1 Å². The molecule has 7 nitrogen and oxygen atoms in total. The zero-order chi connectivity index (χ0) is 17.4. The van der Waals surface area contributed by atoms with Crippen LogP contribution in [0.15, 0.2) is 24.3 Å². The summed E-state index contributed by atoms with van der Waals surface area (Å²) in [4.78, 5) is 23.8. The molecule has 0 aliphatic heterocycles. The van der Waals surface area contributed by atoms with Crippen molar-refractivity contribution in [1.82, 2.24) is 10.2 Å². The molecule has 0 radical (unpaired) electrons. The van der Waals surface area contributed by atoms with E-state index in [4.69, 9.17) is 5.11 Å². The van der Waals surface area contributed by atoms with Crippen molar-refractivity contribution in [3.63, 3.8) is 0 Å². The van der Waals surface area contributed by atoms with Gasteiger partial charge in [0.25, 0.3) is 0 Å². The molecule has 0 fully saturated rings. The van der Waals surface area contributed by atoms with Gasteiger partial charge in [-0.05, 0) is 24.5 Å². The molecule has 3 N–H and O–H groups in total. The molecule has 23 heavy (non-hydrogen) atoms. The van der Waals surface area contributed by atoms with Gasteiger partial charge in [0.1, 0.15) is 6.54 Å². The fourth-order valence-corrected chi connectivity index (χ4v) is 2.67. The summed E-state index contributed by atoms with van der Waals surface area (Å²) in [6.45, 7) is 1.62. The molecule has 128 valence electrons. The van der Waals surface area contributed by atoms with Crippen molar-refractivity contribution >= 4 is 23.9 Å². The first-order valence-electron chi connectivity index (χ1n) is 7.21. The number of carboxylic acids is 1. The van der Waals surface area contributed by atoms with Crippen molar-refractivity contribution in [2.45, 2.75) is 19.4 Å². The molecule has 8 heteroatoms. The Morgan fingerprint density at radius 2 is 2.09 bits per heavy atom. The van der Waals surface area contributed by atoms with E-state index in [0.717, 1.165) is 28.0 Å². The summed E-state index contributed by atoms with van der Waals surface area (Å²) in [5.74, 6) is -0.632. The number of carbonyl (C=O) groups is 2. The maximum absolute atomic E-state index is 12.1. The van der Waals surface area contributed by atoms with E-state index >= 15 is 0 Å². The summed E-state index contributed by atoms with van der Waals surface area (Å²) in [7, 11) is 2.90. The van der Waals surface area contributed by atoms with E-state index in [2.05, 4.69) is 5.32 Å². The van der Waals surface area contributed by atoms with E-state index in [-0.39, 0.29) is 17.1 Å². The van der Waals surface area contributed by atoms with Crippen LogP contribution in [-0.4, -0.2) is 54.4 Å². The van der Waals surface area contributed by atoms with Crippen LogP contribution in [0, 0.1) is 12.1 Å². The molecule has 1 rings (SSSR count). The highest BCUT2D eigenvalue weighted by atomic mass is 32.2. The number of carboxylic acid groups (broad SMARTS) is 1. The van der Waals surface area contributed by atoms with Gasteiger partial charge < -0.3 is 25.0 Å². The van der Waals surface area contributed by atoms with Crippen LogP contribution in [0.1, 0.15) is 11.1 Å². The van der Waals surface area contributed by atoms with Crippen molar-refractivity contribution in [3.05, 3.63) is 40.6 Å². The highest BCUT2D eigenvalue weighted by molar-refractivity contribution is 7.93. The SMILES string of the molecule is Cc1ccccc1C[C@H](CS[NH+](C)[O-])NC(=O)N(C)CC(=O)O. The Balaban J connectivity index is 2.74. The number of aryl methyl sites for hydroxylation is 1. The first-order chi connectivity index (χ1) is 10.8. The van der Waals surface area contributed by atoms with E-state index < -0.39 is 12.0 Å². The Bertz CT molecular complexity index is 539. The zero-order valence-electron chi connectivity index (χ0n) is 13.5. The van der Waals surface area contributed by atoms with Gasteiger partial charge in [0.05, 0.1) is 24.7 Å². The highest BCUT2D eigenvalue weighted by Crippen LogP contribution is 2.11.